The first kappa shape index (κ1) is 22.9. The lowest BCUT2D eigenvalue weighted by Gasteiger charge is -2.23. The summed E-state index contributed by atoms with van der Waals surface area (Å²) in [5, 5.41) is 13.9. The number of aromatic nitrogens is 3. The number of amides is 1. The summed E-state index contributed by atoms with van der Waals surface area (Å²) in [6.07, 6.45) is 1.86. The fourth-order valence-electron chi connectivity index (χ4n) is 3.67. The van der Waals surface area contributed by atoms with Crippen LogP contribution in [0.4, 0.5) is 18.9 Å². The Balaban J connectivity index is 1.51. The lowest BCUT2D eigenvalue weighted by Crippen LogP contribution is -2.23. The number of halogens is 3. The Morgan fingerprint density at radius 1 is 1.27 bits per heavy atom. The Morgan fingerprint density at radius 2 is 2.06 bits per heavy atom. The van der Waals surface area contributed by atoms with Crippen molar-refractivity contribution in [3.63, 3.8) is 0 Å². The van der Waals surface area contributed by atoms with Crippen LogP contribution in [0.5, 0.6) is 0 Å². The number of imidazole rings is 1. The minimum Gasteiger partial charge on any atom is -0.396 e. The minimum absolute atomic E-state index is 0.0897. The Bertz CT molecular complexity index is 1150. The molecule has 172 valence electrons. The van der Waals surface area contributed by atoms with E-state index in [1.54, 1.807) is 47.4 Å². The monoisotopic (exact) mass is 474 g/mol. The lowest BCUT2D eigenvalue weighted by molar-refractivity contribution is -0.160. The fraction of sp³-hybridized carbons (Fsp3) is 0.261. The van der Waals surface area contributed by atoms with E-state index in [0.29, 0.717) is 28.5 Å². The second kappa shape index (κ2) is 9.72. The molecule has 2 aromatic heterocycles. The van der Waals surface area contributed by atoms with Gasteiger partial charge in [0.25, 0.3) is 5.91 Å². The lowest BCUT2D eigenvalue weighted by atomic mass is 9.86. The molecular formula is C23H21F3N4O2S. The van der Waals surface area contributed by atoms with E-state index in [1.807, 2.05) is 0 Å². The van der Waals surface area contributed by atoms with Gasteiger partial charge < -0.3 is 15.4 Å². The molecule has 2 heterocycles. The molecule has 1 amide bonds. The molecule has 0 radical (unpaired) electrons. The summed E-state index contributed by atoms with van der Waals surface area (Å²) in [6, 6.07) is 7.08. The zero-order valence-corrected chi connectivity index (χ0v) is 18.2. The van der Waals surface area contributed by atoms with Gasteiger partial charge in [0.2, 0.25) is 0 Å². The Labute approximate surface area is 191 Å². The van der Waals surface area contributed by atoms with Crippen molar-refractivity contribution < 1.29 is 23.1 Å². The van der Waals surface area contributed by atoms with Crippen molar-refractivity contribution in [2.24, 2.45) is 5.92 Å². The fourth-order valence-corrected chi connectivity index (χ4v) is 4.20. The van der Waals surface area contributed by atoms with Crippen LogP contribution in [-0.4, -0.2) is 38.7 Å². The van der Waals surface area contributed by atoms with Gasteiger partial charge in [0.15, 0.2) is 0 Å². The molecule has 10 heteroatoms. The highest BCUT2D eigenvalue weighted by Crippen LogP contribution is 2.38. The predicted molar refractivity (Wildman–Crippen MR) is 120 cm³/mol. The molecule has 0 spiro atoms. The van der Waals surface area contributed by atoms with Crippen LogP contribution >= 0.6 is 11.3 Å². The van der Waals surface area contributed by atoms with Gasteiger partial charge in [0.1, 0.15) is 11.5 Å². The number of nitrogens with one attached hydrogen (secondary N) is 2. The number of aliphatic hydroxyl groups is 1. The summed E-state index contributed by atoms with van der Waals surface area (Å²) in [7, 11) is 0. The molecule has 1 aliphatic rings. The van der Waals surface area contributed by atoms with Crippen molar-refractivity contribution in [3.05, 3.63) is 76.7 Å². The molecule has 1 aliphatic carbocycles. The molecule has 0 saturated carbocycles. The maximum Gasteiger partial charge on any atom is 0.395 e. The number of anilines is 1. The number of alkyl halides is 3. The van der Waals surface area contributed by atoms with Gasteiger partial charge in [-0.05, 0) is 36.1 Å². The number of rotatable bonds is 7. The van der Waals surface area contributed by atoms with Crippen molar-refractivity contribution in [2.75, 3.05) is 11.9 Å². The zero-order valence-electron chi connectivity index (χ0n) is 17.3. The van der Waals surface area contributed by atoms with Gasteiger partial charge >= 0.3 is 6.18 Å². The van der Waals surface area contributed by atoms with Crippen LogP contribution in [0.25, 0.3) is 11.3 Å². The summed E-state index contributed by atoms with van der Waals surface area (Å²) >= 11 is 1.34. The number of thiazole rings is 1. The van der Waals surface area contributed by atoms with E-state index in [1.165, 1.54) is 23.5 Å². The number of hydrogen-bond acceptors (Lipinski definition) is 5. The summed E-state index contributed by atoms with van der Waals surface area (Å²) in [6.45, 7) is -0.185. The normalized spacial score (nSPS) is 17.0. The van der Waals surface area contributed by atoms with Crippen LogP contribution < -0.4 is 5.32 Å². The molecule has 0 bridgehead atoms. The van der Waals surface area contributed by atoms with Crippen molar-refractivity contribution in [1.29, 1.82) is 0 Å². The van der Waals surface area contributed by atoms with E-state index in [-0.39, 0.29) is 25.4 Å². The number of nitrogens with zero attached hydrogens (tertiary/aromatic N) is 2. The van der Waals surface area contributed by atoms with Crippen molar-refractivity contribution in [3.8, 4) is 11.3 Å². The van der Waals surface area contributed by atoms with Crippen molar-refractivity contribution >= 4 is 22.9 Å². The van der Waals surface area contributed by atoms with Gasteiger partial charge in [-0.3, -0.25) is 4.79 Å². The van der Waals surface area contributed by atoms with Crippen LogP contribution in [0.2, 0.25) is 0 Å². The van der Waals surface area contributed by atoms with Gasteiger partial charge in [0.05, 0.1) is 23.3 Å². The molecule has 6 nitrogen and oxygen atoms in total. The molecule has 4 rings (SSSR count). The smallest absolute Gasteiger partial charge is 0.395 e. The van der Waals surface area contributed by atoms with E-state index in [4.69, 9.17) is 0 Å². The molecular weight excluding hydrogens is 453 g/mol. The first-order valence-electron chi connectivity index (χ1n) is 10.3. The van der Waals surface area contributed by atoms with E-state index in [2.05, 4.69) is 20.3 Å². The predicted octanol–water partition coefficient (Wildman–Crippen LogP) is 5.32. The number of hydrogen-bond donors (Lipinski definition) is 3. The largest absolute Gasteiger partial charge is 0.396 e. The number of carbonyl (C=O) groups is 1. The van der Waals surface area contributed by atoms with Crippen LogP contribution in [0, 0.1) is 5.92 Å². The first-order chi connectivity index (χ1) is 15.8. The maximum atomic E-state index is 13.2. The third kappa shape index (κ3) is 5.40. The highest BCUT2D eigenvalue weighted by Gasteiger charge is 2.39. The number of aromatic amines is 1. The molecule has 3 aromatic rings. The second-order valence-corrected chi connectivity index (χ2v) is 8.32. The van der Waals surface area contributed by atoms with Gasteiger partial charge in [-0.1, -0.05) is 30.4 Å². The number of allylic oxidation sites excluding steroid dienone is 4. The van der Waals surface area contributed by atoms with E-state index in [0.717, 1.165) is 5.56 Å². The maximum absolute atomic E-state index is 13.2. The van der Waals surface area contributed by atoms with E-state index in [9.17, 15) is 23.1 Å². The highest BCUT2D eigenvalue weighted by atomic mass is 32.1. The van der Waals surface area contributed by atoms with Crippen molar-refractivity contribution in [1.82, 2.24) is 15.0 Å². The SMILES string of the molecule is O=C(Nc1ccc(-c2cnc(C(CCO)C3=CC(C(F)(F)F)CC=C3)[nH]2)cc1)c1cscn1. The van der Waals surface area contributed by atoms with Gasteiger partial charge in [-0.15, -0.1) is 11.3 Å². The average molecular weight is 475 g/mol. The van der Waals surface area contributed by atoms with Crippen LogP contribution in [0.1, 0.15) is 35.1 Å². The standard InChI is InChI=1S/C23H21F3N4O2S/c24-23(25,26)16-3-1-2-15(10-16)18(8-9-31)21-27-11-19(30-21)14-4-6-17(7-5-14)29-22(32)20-12-33-13-28-20/h1-2,4-7,10-13,16,18,31H,3,8-9H2,(H,27,30)(H,29,32). The third-order valence-electron chi connectivity index (χ3n) is 5.38. The summed E-state index contributed by atoms with van der Waals surface area (Å²) < 4.78 is 39.6. The molecule has 2 atom stereocenters. The average Bonchev–Trinajstić information content (AvgIpc) is 3.50. The first-order valence-corrected chi connectivity index (χ1v) is 11.2. The Morgan fingerprint density at radius 3 is 2.73 bits per heavy atom. The van der Waals surface area contributed by atoms with E-state index < -0.39 is 18.0 Å². The minimum atomic E-state index is -4.31. The molecule has 2 unspecified atom stereocenters. The van der Waals surface area contributed by atoms with Gasteiger partial charge in [0, 0.05) is 23.6 Å². The number of carbonyl (C=O) groups excluding carboxylic acids is 1. The van der Waals surface area contributed by atoms with Crippen molar-refractivity contribution in [2.45, 2.75) is 24.9 Å². The van der Waals surface area contributed by atoms with E-state index >= 15 is 0 Å². The summed E-state index contributed by atoms with van der Waals surface area (Å²) in [5.74, 6) is -1.84. The van der Waals surface area contributed by atoms with Gasteiger partial charge in [-0.2, -0.15) is 13.2 Å². The number of H-pyrrole nitrogens is 1. The summed E-state index contributed by atoms with van der Waals surface area (Å²) in [4.78, 5) is 23.6. The van der Waals surface area contributed by atoms with Crippen LogP contribution in [-0.2, 0) is 0 Å². The summed E-state index contributed by atoms with van der Waals surface area (Å²) in [5.41, 5.74) is 4.49. The number of benzene rings is 1. The Hall–Kier alpha value is -3.24. The molecule has 33 heavy (non-hydrogen) atoms. The molecule has 0 saturated heterocycles. The Kier molecular flexibility index (Phi) is 6.75. The van der Waals surface area contributed by atoms with Crippen LogP contribution in [0.15, 0.2) is 65.2 Å². The quantitative estimate of drug-likeness (QED) is 0.433. The molecule has 1 aromatic carbocycles. The highest BCUT2D eigenvalue weighted by molar-refractivity contribution is 7.07. The van der Waals surface area contributed by atoms with Gasteiger partial charge in [-0.25, -0.2) is 9.97 Å². The third-order valence-corrected chi connectivity index (χ3v) is 5.97. The molecule has 0 aliphatic heterocycles. The number of aliphatic hydroxyl groups excluding tert-OH is 1. The zero-order chi connectivity index (χ0) is 23.4. The second-order valence-electron chi connectivity index (χ2n) is 7.60. The topological polar surface area (TPSA) is 90.9 Å². The molecule has 3 N–H and O–H groups in total. The van der Waals surface area contributed by atoms with Crippen LogP contribution in [0.3, 0.4) is 0 Å². The molecule has 0 fully saturated rings.